The maximum atomic E-state index is 8.62. The number of H-pyrrole nitrogens is 1. The molecule has 2 aromatic carbocycles. The highest BCUT2D eigenvalue weighted by Gasteiger charge is 2.22. The summed E-state index contributed by atoms with van der Waals surface area (Å²) in [6.07, 6.45) is 6.65. The summed E-state index contributed by atoms with van der Waals surface area (Å²) in [5, 5.41) is 9.54. The predicted molar refractivity (Wildman–Crippen MR) is 97.6 cm³/mol. The summed E-state index contributed by atoms with van der Waals surface area (Å²) in [7, 11) is 0. The Kier molecular flexibility index (Phi) is 4.59. The van der Waals surface area contributed by atoms with Gasteiger partial charge in [-0.2, -0.15) is 5.26 Å². The third-order valence-corrected chi connectivity index (χ3v) is 4.75. The SMILES string of the molecule is CSc1ccc(C2CC2)cc1.N#Cc1ccc2[nH]cc(N)c2c1. The highest BCUT2D eigenvalue weighted by molar-refractivity contribution is 7.98. The molecule has 0 amide bonds. The van der Waals surface area contributed by atoms with Crippen molar-refractivity contribution in [2.45, 2.75) is 23.7 Å². The molecule has 3 nitrogen and oxygen atoms in total. The fourth-order valence-corrected chi connectivity index (χ4v) is 2.91. The number of thioether (sulfide) groups is 1. The van der Waals surface area contributed by atoms with Gasteiger partial charge in [0, 0.05) is 22.0 Å². The van der Waals surface area contributed by atoms with E-state index < -0.39 is 0 Å². The maximum Gasteiger partial charge on any atom is 0.0991 e. The number of nitrogens with two attached hydrogens (primary N) is 1. The average Bonchev–Trinajstić information content (AvgIpc) is 3.39. The Bertz CT molecular complexity index is 839. The number of nitrogen functional groups attached to an aromatic ring is 1. The average molecular weight is 321 g/mol. The Hall–Kier alpha value is -2.38. The van der Waals surface area contributed by atoms with Crippen molar-refractivity contribution >= 4 is 28.4 Å². The second-order valence-corrected chi connectivity index (χ2v) is 6.54. The number of anilines is 1. The number of aromatic amines is 1. The Morgan fingerprint density at radius 3 is 2.52 bits per heavy atom. The highest BCUT2D eigenvalue weighted by Crippen LogP contribution is 2.40. The molecule has 0 unspecified atom stereocenters. The van der Waals surface area contributed by atoms with E-state index in [1.54, 1.807) is 18.3 Å². The minimum atomic E-state index is 0.633. The van der Waals surface area contributed by atoms with Crippen LogP contribution < -0.4 is 5.73 Å². The van der Waals surface area contributed by atoms with Gasteiger partial charge in [-0.15, -0.1) is 11.8 Å². The molecule has 3 aromatic rings. The Morgan fingerprint density at radius 2 is 1.91 bits per heavy atom. The van der Waals surface area contributed by atoms with Crippen molar-refractivity contribution in [3.63, 3.8) is 0 Å². The zero-order valence-electron chi connectivity index (χ0n) is 13.0. The molecule has 4 rings (SSSR count). The molecule has 1 aliphatic carbocycles. The van der Waals surface area contributed by atoms with Crippen LogP contribution in [0.3, 0.4) is 0 Å². The zero-order chi connectivity index (χ0) is 16.2. The Labute approximate surface area is 140 Å². The maximum absolute atomic E-state index is 8.62. The van der Waals surface area contributed by atoms with Crippen molar-refractivity contribution in [2.24, 2.45) is 0 Å². The van der Waals surface area contributed by atoms with Crippen molar-refractivity contribution in [2.75, 3.05) is 12.0 Å². The number of hydrogen-bond acceptors (Lipinski definition) is 3. The molecule has 23 heavy (non-hydrogen) atoms. The molecule has 0 aliphatic heterocycles. The molecule has 0 atom stereocenters. The van der Waals surface area contributed by atoms with Gasteiger partial charge < -0.3 is 10.7 Å². The quantitative estimate of drug-likeness (QED) is 0.659. The molecule has 1 saturated carbocycles. The van der Waals surface area contributed by atoms with E-state index in [1.165, 1.54) is 23.3 Å². The van der Waals surface area contributed by atoms with Crippen LogP contribution in [0.25, 0.3) is 10.9 Å². The molecule has 116 valence electrons. The molecular formula is C19H19N3S. The predicted octanol–water partition coefficient (Wildman–Crippen LogP) is 4.91. The second kappa shape index (κ2) is 6.80. The lowest BCUT2D eigenvalue weighted by Gasteiger charge is -1.98. The molecule has 0 spiro atoms. The van der Waals surface area contributed by atoms with Crippen LogP contribution in [0.4, 0.5) is 5.69 Å². The molecule has 1 aromatic heterocycles. The summed E-state index contributed by atoms with van der Waals surface area (Å²) in [5.74, 6) is 0.894. The van der Waals surface area contributed by atoms with E-state index in [2.05, 4.69) is 41.6 Å². The van der Waals surface area contributed by atoms with Gasteiger partial charge in [-0.1, -0.05) is 12.1 Å². The van der Waals surface area contributed by atoms with Gasteiger partial charge >= 0.3 is 0 Å². The third kappa shape index (κ3) is 3.69. The van der Waals surface area contributed by atoms with Crippen LogP contribution in [-0.4, -0.2) is 11.2 Å². The highest BCUT2D eigenvalue weighted by atomic mass is 32.2. The zero-order valence-corrected chi connectivity index (χ0v) is 13.9. The number of nitrogens with one attached hydrogen (secondary N) is 1. The lowest BCUT2D eigenvalue weighted by molar-refractivity contribution is 1.12. The van der Waals surface area contributed by atoms with Crippen molar-refractivity contribution in [1.82, 2.24) is 4.98 Å². The smallest absolute Gasteiger partial charge is 0.0991 e. The minimum absolute atomic E-state index is 0.633. The van der Waals surface area contributed by atoms with Crippen LogP contribution >= 0.6 is 11.8 Å². The van der Waals surface area contributed by atoms with Gasteiger partial charge in [0.2, 0.25) is 0 Å². The summed E-state index contributed by atoms with van der Waals surface area (Å²) in [6, 6.07) is 16.4. The number of aromatic nitrogens is 1. The Balaban J connectivity index is 0.000000136. The van der Waals surface area contributed by atoms with Crippen LogP contribution in [0.15, 0.2) is 53.6 Å². The molecule has 0 saturated heterocycles. The molecule has 1 fully saturated rings. The number of rotatable bonds is 2. The van der Waals surface area contributed by atoms with E-state index in [9.17, 15) is 0 Å². The fraction of sp³-hybridized carbons (Fsp3) is 0.211. The monoisotopic (exact) mass is 321 g/mol. The van der Waals surface area contributed by atoms with Crippen LogP contribution in [0, 0.1) is 11.3 Å². The summed E-state index contributed by atoms with van der Waals surface area (Å²) >= 11 is 1.81. The summed E-state index contributed by atoms with van der Waals surface area (Å²) < 4.78 is 0. The molecule has 0 radical (unpaired) electrons. The van der Waals surface area contributed by atoms with Crippen LogP contribution in [-0.2, 0) is 0 Å². The number of nitriles is 1. The van der Waals surface area contributed by atoms with Gasteiger partial charge in [0.05, 0.1) is 17.3 Å². The van der Waals surface area contributed by atoms with Crippen molar-refractivity contribution in [3.8, 4) is 6.07 Å². The van der Waals surface area contributed by atoms with E-state index in [4.69, 9.17) is 11.0 Å². The molecule has 1 heterocycles. The third-order valence-electron chi connectivity index (χ3n) is 4.01. The number of nitrogens with zero attached hydrogens (tertiary/aromatic N) is 1. The van der Waals surface area contributed by atoms with Gasteiger partial charge in [-0.25, -0.2) is 0 Å². The molecule has 1 aliphatic rings. The Morgan fingerprint density at radius 1 is 1.17 bits per heavy atom. The van der Waals surface area contributed by atoms with Crippen LogP contribution in [0.2, 0.25) is 0 Å². The lowest BCUT2D eigenvalue weighted by atomic mass is 10.1. The largest absolute Gasteiger partial charge is 0.397 e. The molecule has 0 bridgehead atoms. The van der Waals surface area contributed by atoms with E-state index in [1.807, 2.05) is 17.8 Å². The van der Waals surface area contributed by atoms with E-state index in [-0.39, 0.29) is 0 Å². The minimum Gasteiger partial charge on any atom is -0.397 e. The van der Waals surface area contributed by atoms with Crippen molar-refractivity contribution < 1.29 is 0 Å². The van der Waals surface area contributed by atoms with E-state index >= 15 is 0 Å². The standard InChI is InChI=1S/C10H12S.C9H7N3/c1-11-10-6-4-9(5-7-10)8-2-3-8;10-4-6-1-2-9-7(3-6)8(11)5-12-9/h4-8H,2-3H2,1H3;1-3,5,12H,11H2. The number of benzene rings is 2. The van der Waals surface area contributed by atoms with Crippen molar-refractivity contribution in [3.05, 3.63) is 59.8 Å². The first-order valence-electron chi connectivity index (χ1n) is 7.62. The number of hydrogen-bond donors (Lipinski definition) is 2. The van der Waals surface area contributed by atoms with Crippen LogP contribution in [0.5, 0.6) is 0 Å². The van der Waals surface area contributed by atoms with Gasteiger partial charge in [0.25, 0.3) is 0 Å². The first kappa shape index (κ1) is 15.5. The summed E-state index contributed by atoms with van der Waals surface area (Å²) in [5.41, 5.74) is 9.47. The number of fused-ring (bicyclic) bond motifs is 1. The van der Waals surface area contributed by atoms with Crippen LogP contribution in [0.1, 0.15) is 29.9 Å². The van der Waals surface area contributed by atoms with Gasteiger partial charge in [-0.3, -0.25) is 0 Å². The molecule has 4 heteroatoms. The molecular weight excluding hydrogens is 302 g/mol. The lowest BCUT2D eigenvalue weighted by Crippen LogP contribution is -1.80. The summed E-state index contributed by atoms with van der Waals surface area (Å²) in [4.78, 5) is 4.37. The van der Waals surface area contributed by atoms with Gasteiger partial charge in [0.1, 0.15) is 0 Å². The normalized spacial score (nSPS) is 13.2. The molecule has 3 N–H and O–H groups in total. The first-order valence-corrected chi connectivity index (χ1v) is 8.84. The van der Waals surface area contributed by atoms with E-state index in [0.717, 1.165) is 16.8 Å². The topological polar surface area (TPSA) is 65.6 Å². The van der Waals surface area contributed by atoms with E-state index in [0.29, 0.717) is 11.3 Å². The van der Waals surface area contributed by atoms with Crippen molar-refractivity contribution in [1.29, 1.82) is 5.26 Å². The fourth-order valence-electron chi connectivity index (χ4n) is 2.50. The second-order valence-electron chi connectivity index (χ2n) is 5.66. The van der Waals surface area contributed by atoms with Gasteiger partial charge in [0.15, 0.2) is 0 Å². The summed E-state index contributed by atoms with van der Waals surface area (Å²) in [6.45, 7) is 0. The van der Waals surface area contributed by atoms with Gasteiger partial charge in [-0.05, 0) is 60.9 Å². The first-order chi connectivity index (χ1) is 11.2.